The molecule has 1 aromatic carbocycles. The van der Waals surface area contributed by atoms with Crippen molar-refractivity contribution in [3.8, 4) is 0 Å². The van der Waals surface area contributed by atoms with E-state index < -0.39 is 41.7 Å². The smallest absolute Gasteiger partial charge is 0.329 e. The molecule has 1 N–H and O–H groups in total. The number of imide groups is 1. The molecule has 0 aromatic heterocycles. The minimum Gasteiger partial charge on any atom is -0.480 e. The van der Waals surface area contributed by atoms with E-state index in [-0.39, 0.29) is 35.9 Å². The van der Waals surface area contributed by atoms with Crippen LogP contribution in [-0.4, -0.2) is 74.4 Å². The predicted molar refractivity (Wildman–Crippen MR) is 107 cm³/mol. The number of carbonyl (C=O) groups is 5. The summed E-state index contributed by atoms with van der Waals surface area (Å²) in [6.07, 6.45) is -0.478. The zero-order valence-electron chi connectivity index (χ0n) is 16.6. The van der Waals surface area contributed by atoms with E-state index in [0.29, 0.717) is 10.7 Å². The molecule has 9 nitrogen and oxygen atoms in total. The number of ether oxygens (including phenoxy) is 1. The maximum absolute atomic E-state index is 12.8. The van der Waals surface area contributed by atoms with E-state index in [1.54, 1.807) is 26.0 Å². The van der Waals surface area contributed by atoms with Gasteiger partial charge in [-0.3, -0.25) is 19.3 Å². The summed E-state index contributed by atoms with van der Waals surface area (Å²) in [5, 5.41) is 9.37. The number of nitrogens with zero attached hydrogens (tertiary/aromatic N) is 2. The van der Waals surface area contributed by atoms with Gasteiger partial charge in [-0.15, -0.1) is 11.8 Å². The van der Waals surface area contributed by atoms with E-state index >= 15 is 0 Å². The molecule has 3 amide bonds. The molecule has 2 aliphatic rings. The fourth-order valence-corrected chi connectivity index (χ4v) is 4.87. The average Bonchev–Trinajstić information content (AvgIpc) is 3.21. The van der Waals surface area contributed by atoms with E-state index in [2.05, 4.69) is 0 Å². The summed E-state index contributed by atoms with van der Waals surface area (Å²) in [7, 11) is 0. The zero-order valence-corrected chi connectivity index (χ0v) is 17.4. The first kappa shape index (κ1) is 21.8. The zero-order chi connectivity index (χ0) is 22.0. The minimum absolute atomic E-state index is 0.145. The van der Waals surface area contributed by atoms with E-state index in [1.165, 1.54) is 28.8 Å². The van der Waals surface area contributed by atoms with E-state index in [9.17, 15) is 29.1 Å². The number of aliphatic carboxylic acids is 1. The highest BCUT2D eigenvalue weighted by molar-refractivity contribution is 8.00. The Kier molecular flexibility index (Phi) is 6.45. The van der Waals surface area contributed by atoms with E-state index in [0.717, 1.165) is 0 Å². The summed E-state index contributed by atoms with van der Waals surface area (Å²) in [6.45, 7) is 3.65. The van der Waals surface area contributed by atoms with Crippen molar-refractivity contribution in [3.63, 3.8) is 0 Å². The number of carbonyl (C=O) groups excluding carboxylic acids is 4. The fraction of sp³-hybridized carbons (Fsp3) is 0.450. The van der Waals surface area contributed by atoms with Gasteiger partial charge in [0.2, 0.25) is 5.91 Å². The van der Waals surface area contributed by atoms with Crippen LogP contribution < -0.4 is 0 Å². The third-order valence-electron chi connectivity index (χ3n) is 5.12. The molecular formula is C20H22N2O7S. The average molecular weight is 434 g/mol. The van der Waals surface area contributed by atoms with Crippen LogP contribution in [0.25, 0.3) is 0 Å². The second-order valence-electron chi connectivity index (χ2n) is 6.92. The Balaban J connectivity index is 1.73. The summed E-state index contributed by atoms with van der Waals surface area (Å²) < 4.78 is 5.03. The van der Waals surface area contributed by atoms with Crippen molar-refractivity contribution in [1.82, 2.24) is 9.80 Å². The molecule has 10 heteroatoms. The Labute approximate surface area is 177 Å². The Hall–Kier alpha value is -2.88. The number of hydrogen-bond donors (Lipinski definition) is 1. The number of thioether (sulfide) groups is 1. The highest BCUT2D eigenvalue weighted by Crippen LogP contribution is 2.31. The van der Waals surface area contributed by atoms with Crippen molar-refractivity contribution in [3.05, 3.63) is 35.4 Å². The molecule has 30 heavy (non-hydrogen) atoms. The standard InChI is InChI=1S/C20H22N2O7S/c1-3-29-20(28)15-10-30-11(2)21(15)16(23)9-8-14(19(26)27)22-17(24)12-6-4-5-7-13(12)18(22)25/h4-7,11,14-15H,3,8-10H2,1-2H3,(H,26,27)/t11?,14-,15-/m0/s1. The normalized spacial score (nSPS) is 21.5. The molecule has 0 bridgehead atoms. The molecule has 1 saturated heterocycles. The summed E-state index contributed by atoms with van der Waals surface area (Å²) >= 11 is 1.42. The minimum atomic E-state index is -1.48. The third-order valence-corrected chi connectivity index (χ3v) is 6.34. The van der Waals surface area contributed by atoms with Crippen molar-refractivity contribution in [2.24, 2.45) is 0 Å². The van der Waals surface area contributed by atoms with Crippen LogP contribution in [0.5, 0.6) is 0 Å². The number of hydrogen-bond acceptors (Lipinski definition) is 7. The molecule has 1 unspecified atom stereocenters. The molecule has 0 saturated carbocycles. The largest absolute Gasteiger partial charge is 0.480 e. The molecule has 0 aliphatic carbocycles. The molecule has 0 spiro atoms. The van der Waals surface area contributed by atoms with Crippen LogP contribution in [0.1, 0.15) is 47.4 Å². The van der Waals surface area contributed by atoms with Crippen LogP contribution in [0.4, 0.5) is 0 Å². The molecule has 1 aromatic rings. The Morgan fingerprint density at radius 2 is 1.80 bits per heavy atom. The van der Waals surface area contributed by atoms with Crippen LogP contribution in [0.2, 0.25) is 0 Å². The molecule has 160 valence electrons. The van der Waals surface area contributed by atoms with Crippen LogP contribution in [0.3, 0.4) is 0 Å². The van der Waals surface area contributed by atoms with Crippen molar-refractivity contribution >= 4 is 41.4 Å². The highest BCUT2D eigenvalue weighted by Gasteiger charge is 2.44. The summed E-state index contributed by atoms with van der Waals surface area (Å²) in [6, 6.07) is 3.90. The molecule has 3 atom stereocenters. The number of benzene rings is 1. The summed E-state index contributed by atoms with van der Waals surface area (Å²) in [5.41, 5.74) is 0.291. The SMILES string of the molecule is CCOC(=O)[C@@H]1CSC(C)N1C(=O)CC[C@@H](C(=O)O)N1C(=O)c2ccccc2C1=O. The number of carboxylic acids is 1. The van der Waals surface area contributed by atoms with Crippen LogP contribution >= 0.6 is 11.8 Å². The lowest BCUT2D eigenvalue weighted by Crippen LogP contribution is -2.48. The molecule has 2 aliphatic heterocycles. The fourth-order valence-electron chi connectivity index (χ4n) is 3.68. The summed E-state index contributed by atoms with van der Waals surface area (Å²) in [4.78, 5) is 64.1. The van der Waals surface area contributed by atoms with Gasteiger partial charge < -0.3 is 14.7 Å². The number of esters is 1. The van der Waals surface area contributed by atoms with Gasteiger partial charge in [-0.2, -0.15) is 0 Å². The lowest BCUT2D eigenvalue weighted by atomic mass is 10.1. The third kappa shape index (κ3) is 3.91. The maximum Gasteiger partial charge on any atom is 0.329 e. The Morgan fingerprint density at radius 1 is 1.20 bits per heavy atom. The van der Waals surface area contributed by atoms with Gasteiger partial charge in [-0.05, 0) is 32.4 Å². The first-order valence-corrected chi connectivity index (χ1v) is 10.6. The van der Waals surface area contributed by atoms with Crippen molar-refractivity contribution in [2.45, 2.75) is 44.1 Å². The number of rotatable bonds is 7. The monoisotopic (exact) mass is 434 g/mol. The van der Waals surface area contributed by atoms with E-state index in [1.807, 2.05) is 0 Å². The molecule has 1 fully saturated rings. The van der Waals surface area contributed by atoms with Gasteiger partial charge in [-0.1, -0.05) is 12.1 Å². The number of fused-ring (bicyclic) bond motifs is 1. The van der Waals surface area contributed by atoms with Crippen LogP contribution in [-0.2, 0) is 19.1 Å². The van der Waals surface area contributed by atoms with Gasteiger partial charge >= 0.3 is 11.9 Å². The molecular weight excluding hydrogens is 412 g/mol. The maximum atomic E-state index is 12.8. The van der Waals surface area contributed by atoms with Gasteiger partial charge in [0.15, 0.2) is 0 Å². The van der Waals surface area contributed by atoms with Gasteiger partial charge in [-0.25, -0.2) is 9.59 Å². The van der Waals surface area contributed by atoms with Crippen molar-refractivity contribution in [1.29, 1.82) is 0 Å². The first-order chi connectivity index (χ1) is 14.3. The summed E-state index contributed by atoms with van der Waals surface area (Å²) in [5.74, 6) is -3.28. The van der Waals surface area contributed by atoms with Crippen LogP contribution in [0, 0.1) is 0 Å². The predicted octanol–water partition coefficient (Wildman–Crippen LogP) is 1.37. The quantitative estimate of drug-likeness (QED) is 0.504. The van der Waals surface area contributed by atoms with Crippen molar-refractivity contribution < 1.29 is 33.8 Å². The van der Waals surface area contributed by atoms with Gasteiger partial charge in [0.1, 0.15) is 12.1 Å². The van der Waals surface area contributed by atoms with Gasteiger partial charge in [0.05, 0.1) is 23.1 Å². The second kappa shape index (κ2) is 8.86. The lowest BCUT2D eigenvalue weighted by Gasteiger charge is -2.28. The number of amides is 3. The Morgan fingerprint density at radius 3 is 2.33 bits per heavy atom. The van der Waals surface area contributed by atoms with Crippen LogP contribution in [0.15, 0.2) is 24.3 Å². The molecule has 2 heterocycles. The number of carboxylic acid groups (broad SMARTS) is 1. The van der Waals surface area contributed by atoms with Gasteiger partial charge in [0.25, 0.3) is 11.8 Å². The molecule has 0 radical (unpaired) electrons. The Bertz CT molecular complexity index is 868. The van der Waals surface area contributed by atoms with Gasteiger partial charge in [0, 0.05) is 12.2 Å². The second-order valence-corrected chi connectivity index (χ2v) is 8.27. The lowest BCUT2D eigenvalue weighted by molar-refractivity contribution is -0.154. The highest BCUT2D eigenvalue weighted by atomic mass is 32.2. The van der Waals surface area contributed by atoms with Crippen molar-refractivity contribution in [2.75, 3.05) is 12.4 Å². The molecule has 3 rings (SSSR count). The van der Waals surface area contributed by atoms with E-state index in [4.69, 9.17) is 4.74 Å². The topological polar surface area (TPSA) is 121 Å². The first-order valence-electron chi connectivity index (χ1n) is 9.57.